The number of hydrogen-bond donors (Lipinski definition) is 1. The average Bonchev–Trinajstić information content (AvgIpc) is 2.20. The third kappa shape index (κ3) is 2.84. The summed E-state index contributed by atoms with van der Waals surface area (Å²) >= 11 is 0. The summed E-state index contributed by atoms with van der Waals surface area (Å²) < 4.78 is 5.63. The predicted octanol–water partition coefficient (Wildman–Crippen LogP) is 2.10. The molecule has 0 aliphatic carbocycles. The molecule has 1 aromatic rings. The SMILES string of the molecule is CCC(C)(C)Oc1ccc(N)c(C#N)n1. The van der Waals surface area contributed by atoms with Gasteiger partial charge in [-0.2, -0.15) is 5.26 Å². The smallest absolute Gasteiger partial charge is 0.215 e. The monoisotopic (exact) mass is 205 g/mol. The lowest BCUT2D eigenvalue weighted by Crippen LogP contribution is -2.27. The minimum absolute atomic E-state index is 0.208. The van der Waals surface area contributed by atoms with Gasteiger partial charge >= 0.3 is 0 Å². The molecule has 0 saturated heterocycles. The van der Waals surface area contributed by atoms with E-state index in [1.807, 2.05) is 26.8 Å². The van der Waals surface area contributed by atoms with Gasteiger partial charge in [0.05, 0.1) is 5.69 Å². The van der Waals surface area contributed by atoms with Gasteiger partial charge in [-0.3, -0.25) is 0 Å². The summed E-state index contributed by atoms with van der Waals surface area (Å²) in [6.45, 7) is 5.97. The molecule has 1 heterocycles. The van der Waals surface area contributed by atoms with Crippen LogP contribution in [0.1, 0.15) is 32.9 Å². The summed E-state index contributed by atoms with van der Waals surface area (Å²) in [5.41, 5.74) is 5.86. The molecule has 2 N–H and O–H groups in total. The Morgan fingerprint density at radius 1 is 1.53 bits per heavy atom. The van der Waals surface area contributed by atoms with E-state index in [-0.39, 0.29) is 11.3 Å². The molecule has 0 radical (unpaired) electrons. The number of nitrogens with two attached hydrogens (primary N) is 1. The summed E-state index contributed by atoms with van der Waals surface area (Å²) in [6, 6.07) is 5.23. The molecular weight excluding hydrogens is 190 g/mol. The first-order chi connectivity index (χ1) is 6.98. The molecule has 0 bridgehead atoms. The summed E-state index contributed by atoms with van der Waals surface area (Å²) in [4.78, 5) is 4.02. The molecule has 4 heteroatoms. The van der Waals surface area contributed by atoms with Crippen molar-refractivity contribution >= 4 is 5.69 Å². The first-order valence-electron chi connectivity index (χ1n) is 4.84. The maximum absolute atomic E-state index is 8.75. The van der Waals surface area contributed by atoms with Gasteiger partial charge in [0.2, 0.25) is 5.88 Å². The summed E-state index contributed by atoms with van der Waals surface area (Å²) in [5, 5.41) is 8.75. The van der Waals surface area contributed by atoms with Crippen molar-refractivity contribution in [3.63, 3.8) is 0 Å². The van der Waals surface area contributed by atoms with Gasteiger partial charge in [-0.05, 0) is 26.3 Å². The van der Waals surface area contributed by atoms with Crippen molar-refractivity contribution in [3.8, 4) is 11.9 Å². The molecule has 4 nitrogen and oxygen atoms in total. The second-order valence-corrected chi connectivity index (χ2v) is 3.91. The van der Waals surface area contributed by atoms with Crippen LogP contribution in [0.4, 0.5) is 5.69 Å². The van der Waals surface area contributed by atoms with Crippen LogP contribution in [0, 0.1) is 11.3 Å². The van der Waals surface area contributed by atoms with Crippen molar-refractivity contribution in [2.75, 3.05) is 5.73 Å². The van der Waals surface area contributed by atoms with E-state index in [1.165, 1.54) is 0 Å². The molecule has 0 amide bonds. The lowest BCUT2D eigenvalue weighted by molar-refractivity contribution is 0.0990. The van der Waals surface area contributed by atoms with Crippen molar-refractivity contribution in [1.29, 1.82) is 5.26 Å². The quantitative estimate of drug-likeness (QED) is 0.820. The number of nitrogen functional groups attached to an aromatic ring is 1. The number of nitrogens with zero attached hydrogens (tertiary/aromatic N) is 2. The second kappa shape index (κ2) is 4.18. The average molecular weight is 205 g/mol. The van der Waals surface area contributed by atoms with Crippen molar-refractivity contribution in [1.82, 2.24) is 4.98 Å². The Balaban J connectivity index is 2.94. The lowest BCUT2D eigenvalue weighted by atomic mass is 10.1. The number of anilines is 1. The van der Waals surface area contributed by atoms with E-state index >= 15 is 0 Å². The van der Waals surface area contributed by atoms with Gasteiger partial charge in [0.25, 0.3) is 0 Å². The molecule has 0 aromatic carbocycles. The topological polar surface area (TPSA) is 71.9 Å². The summed E-state index contributed by atoms with van der Waals surface area (Å²) in [7, 11) is 0. The van der Waals surface area contributed by atoms with Crippen molar-refractivity contribution < 1.29 is 4.74 Å². The van der Waals surface area contributed by atoms with Crippen LogP contribution < -0.4 is 10.5 Å². The second-order valence-electron chi connectivity index (χ2n) is 3.91. The Hall–Kier alpha value is -1.76. The van der Waals surface area contributed by atoms with Crippen LogP contribution in [-0.4, -0.2) is 10.6 Å². The third-order valence-corrected chi connectivity index (χ3v) is 2.24. The van der Waals surface area contributed by atoms with Gasteiger partial charge in [0.1, 0.15) is 11.7 Å². The highest BCUT2D eigenvalue weighted by molar-refractivity contribution is 5.50. The lowest BCUT2D eigenvalue weighted by Gasteiger charge is -2.24. The number of rotatable bonds is 3. The van der Waals surface area contributed by atoms with Gasteiger partial charge < -0.3 is 10.5 Å². The molecule has 80 valence electrons. The Morgan fingerprint density at radius 3 is 2.73 bits per heavy atom. The largest absolute Gasteiger partial charge is 0.472 e. The standard InChI is InChI=1S/C11H15N3O/c1-4-11(2,3)15-10-6-5-8(13)9(7-12)14-10/h5-6H,4,13H2,1-3H3. The van der Waals surface area contributed by atoms with E-state index < -0.39 is 0 Å². The number of nitriles is 1. The van der Waals surface area contributed by atoms with E-state index in [1.54, 1.807) is 12.1 Å². The Bertz CT molecular complexity index is 393. The number of aromatic nitrogens is 1. The normalized spacial score (nSPS) is 10.8. The highest BCUT2D eigenvalue weighted by Crippen LogP contribution is 2.20. The van der Waals surface area contributed by atoms with E-state index in [2.05, 4.69) is 4.98 Å². The number of ether oxygens (including phenoxy) is 1. The van der Waals surface area contributed by atoms with Crippen molar-refractivity contribution in [3.05, 3.63) is 17.8 Å². The predicted molar refractivity (Wildman–Crippen MR) is 58.4 cm³/mol. The molecule has 15 heavy (non-hydrogen) atoms. The van der Waals surface area contributed by atoms with E-state index in [0.29, 0.717) is 11.6 Å². The zero-order valence-corrected chi connectivity index (χ0v) is 9.24. The van der Waals surface area contributed by atoms with Crippen LogP contribution in [0.3, 0.4) is 0 Å². The molecule has 1 aromatic heterocycles. The van der Waals surface area contributed by atoms with Crippen LogP contribution in [-0.2, 0) is 0 Å². The van der Waals surface area contributed by atoms with Crippen LogP contribution in [0.2, 0.25) is 0 Å². The maximum Gasteiger partial charge on any atom is 0.215 e. The molecule has 0 spiro atoms. The van der Waals surface area contributed by atoms with Crippen molar-refractivity contribution in [2.24, 2.45) is 0 Å². The Morgan fingerprint density at radius 2 is 2.20 bits per heavy atom. The summed E-state index contributed by atoms with van der Waals surface area (Å²) in [6.07, 6.45) is 0.862. The van der Waals surface area contributed by atoms with Gasteiger partial charge in [-0.15, -0.1) is 0 Å². The van der Waals surface area contributed by atoms with Gasteiger partial charge in [-0.25, -0.2) is 4.98 Å². The molecule has 0 unspecified atom stereocenters. The highest BCUT2D eigenvalue weighted by atomic mass is 16.5. The van der Waals surface area contributed by atoms with E-state index in [0.717, 1.165) is 6.42 Å². The fourth-order valence-corrected chi connectivity index (χ4v) is 0.954. The fourth-order valence-electron chi connectivity index (χ4n) is 0.954. The first-order valence-corrected chi connectivity index (χ1v) is 4.84. The number of pyridine rings is 1. The zero-order valence-electron chi connectivity index (χ0n) is 9.24. The Labute approximate surface area is 89.7 Å². The van der Waals surface area contributed by atoms with E-state index in [4.69, 9.17) is 15.7 Å². The first kappa shape index (κ1) is 11.3. The number of hydrogen-bond acceptors (Lipinski definition) is 4. The zero-order chi connectivity index (χ0) is 11.5. The molecule has 0 aliphatic heterocycles. The fraction of sp³-hybridized carbons (Fsp3) is 0.455. The van der Waals surface area contributed by atoms with Gasteiger partial charge in [0, 0.05) is 6.07 Å². The Kier molecular flexibility index (Phi) is 3.15. The van der Waals surface area contributed by atoms with Crippen LogP contribution >= 0.6 is 0 Å². The van der Waals surface area contributed by atoms with Crippen molar-refractivity contribution in [2.45, 2.75) is 32.8 Å². The van der Waals surface area contributed by atoms with Gasteiger partial charge in [0.15, 0.2) is 5.69 Å². The molecule has 0 saturated carbocycles. The summed E-state index contributed by atoms with van der Waals surface area (Å²) in [5.74, 6) is 0.438. The molecular formula is C11H15N3O. The molecule has 0 atom stereocenters. The molecule has 0 fully saturated rings. The van der Waals surface area contributed by atoms with Crippen LogP contribution in [0.25, 0.3) is 0 Å². The minimum Gasteiger partial charge on any atom is -0.472 e. The van der Waals surface area contributed by atoms with E-state index in [9.17, 15) is 0 Å². The molecule has 0 aliphatic rings. The third-order valence-electron chi connectivity index (χ3n) is 2.24. The van der Waals surface area contributed by atoms with Crippen LogP contribution in [0.5, 0.6) is 5.88 Å². The maximum atomic E-state index is 8.75. The minimum atomic E-state index is -0.282. The molecule has 1 rings (SSSR count). The highest BCUT2D eigenvalue weighted by Gasteiger charge is 2.17. The van der Waals surface area contributed by atoms with Crippen LogP contribution in [0.15, 0.2) is 12.1 Å². The van der Waals surface area contributed by atoms with Gasteiger partial charge in [-0.1, -0.05) is 6.92 Å².